The fraction of sp³-hybridized carbons (Fsp3) is 0.143. The van der Waals surface area contributed by atoms with Crippen LogP contribution in [-0.2, 0) is 17.9 Å². The first kappa shape index (κ1) is 12.4. The van der Waals surface area contributed by atoms with Crippen molar-refractivity contribution in [1.29, 1.82) is 0 Å². The molecule has 2 heterocycles. The average Bonchev–Trinajstić information content (AvgIpc) is 3.03. The van der Waals surface area contributed by atoms with Crippen LogP contribution >= 0.6 is 0 Å². The van der Waals surface area contributed by atoms with Crippen LogP contribution in [0.15, 0.2) is 40.8 Å². The first-order chi connectivity index (χ1) is 9.69. The molecule has 0 aliphatic rings. The molecule has 0 unspecified atom stereocenters. The number of aliphatic carboxylic acids is 1. The Balaban J connectivity index is 2.17. The molecule has 0 saturated heterocycles. The monoisotopic (exact) mass is 272 g/mol. The van der Waals surface area contributed by atoms with Gasteiger partial charge in [0, 0.05) is 5.39 Å². The number of hydrogen-bond donors (Lipinski definition) is 2. The number of carboxylic acid groups (broad SMARTS) is 1. The molecule has 2 N–H and O–H groups in total. The van der Waals surface area contributed by atoms with Crippen molar-refractivity contribution >= 4 is 16.9 Å². The molecular formula is C14H12N2O4. The maximum atomic E-state index is 10.9. The van der Waals surface area contributed by atoms with Crippen LogP contribution in [0, 0.1) is 0 Å². The van der Waals surface area contributed by atoms with Crippen LogP contribution in [0.1, 0.15) is 5.76 Å². The predicted octanol–water partition coefficient (Wildman–Crippen LogP) is 1.87. The standard InChI is InChI=1S/C14H12N2O4/c17-8-9-5-6-12(20-9)14-10-3-1-2-4-11(10)16(15-14)7-13(18)19/h1-6,17H,7-8H2,(H,18,19). The number of aliphatic hydroxyl groups excluding tert-OH is 1. The molecule has 102 valence electrons. The third-order valence-electron chi connectivity index (χ3n) is 2.99. The lowest BCUT2D eigenvalue weighted by Crippen LogP contribution is -2.09. The SMILES string of the molecule is O=C(O)Cn1nc(-c2ccc(CO)o2)c2ccccc21. The van der Waals surface area contributed by atoms with Crippen LogP contribution in [0.4, 0.5) is 0 Å². The van der Waals surface area contributed by atoms with Crippen molar-refractivity contribution in [3.8, 4) is 11.5 Å². The van der Waals surface area contributed by atoms with Crippen molar-refractivity contribution in [3.05, 3.63) is 42.2 Å². The minimum atomic E-state index is -0.958. The van der Waals surface area contributed by atoms with Crippen molar-refractivity contribution in [3.63, 3.8) is 0 Å². The van der Waals surface area contributed by atoms with Crippen LogP contribution < -0.4 is 0 Å². The summed E-state index contributed by atoms with van der Waals surface area (Å²) >= 11 is 0. The van der Waals surface area contributed by atoms with Gasteiger partial charge in [-0.25, -0.2) is 0 Å². The minimum absolute atomic E-state index is 0.187. The van der Waals surface area contributed by atoms with Crippen molar-refractivity contribution in [2.24, 2.45) is 0 Å². The highest BCUT2D eigenvalue weighted by Gasteiger charge is 2.16. The zero-order valence-electron chi connectivity index (χ0n) is 10.5. The molecule has 0 aliphatic heterocycles. The van der Waals surface area contributed by atoms with E-state index in [0.29, 0.717) is 17.2 Å². The summed E-state index contributed by atoms with van der Waals surface area (Å²) in [6.07, 6.45) is 0. The van der Waals surface area contributed by atoms with E-state index in [-0.39, 0.29) is 13.2 Å². The Morgan fingerprint density at radius 2 is 2.05 bits per heavy atom. The number of rotatable bonds is 4. The maximum Gasteiger partial charge on any atom is 0.325 e. The second kappa shape index (κ2) is 4.82. The Kier molecular flexibility index (Phi) is 3.00. The van der Waals surface area contributed by atoms with Crippen molar-refractivity contribution < 1.29 is 19.4 Å². The van der Waals surface area contributed by atoms with E-state index in [1.807, 2.05) is 24.3 Å². The van der Waals surface area contributed by atoms with Gasteiger partial charge in [0.2, 0.25) is 0 Å². The lowest BCUT2D eigenvalue weighted by molar-refractivity contribution is -0.137. The smallest absolute Gasteiger partial charge is 0.325 e. The summed E-state index contributed by atoms with van der Waals surface area (Å²) < 4.78 is 6.90. The summed E-state index contributed by atoms with van der Waals surface area (Å²) in [5, 5.41) is 23.1. The number of carboxylic acids is 1. The van der Waals surface area contributed by atoms with E-state index >= 15 is 0 Å². The average molecular weight is 272 g/mol. The molecule has 20 heavy (non-hydrogen) atoms. The zero-order valence-corrected chi connectivity index (χ0v) is 10.5. The number of para-hydroxylation sites is 1. The number of benzene rings is 1. The van der Waals surface area contributed by atoms with Gasteiger partial charge in [-0.3, -0.25) is 9.48 Å². The van der Waals surface area contributed by atoms with Gasteiger partial charge in [0.1, 0.15) is 24.6 Å². The van der Waals surface area contributed by atoms with Crippen molar-refractivity contribution in [2.45, 2.75) is 13.2 Å². The van der Waals surface area contributed by atoms with Crippen molar-refractivity contribution in [2.75, 3.05) is 0 Å². The van der Waals surface area contributed by atoms with Gasteiger partial charge >= 0.3 is 5.97 Å². The number of hydrogen-bond acceptors (Lipinski definition) is 4. The molecule has 0 amide bonds. The fourth-order valence-corrected chi connectivity index (χ4v) is 2.15. The number of nitrogens with zero attached hydrogens (tertiary/aromatic N) is 2. The van der Waals surface area contributed by atoms with Gasteiger partial charge in [-0.15, -0.1) is 0 Å². The molecule has 0 aliphatic carbocycles. The van der Waals surface area contributed by atoms with Crippen LogP contribution in [0.3, 0.4) is 0 Å². The largest absolute Gasteiger partial charge is 0.480 e. The zero-order chi connectivity index (χ0) is 14.1. The molecule has 6 nitrogen and oxygen atoms in total. The first-order valence-electron chi connectivity index (χ1n) is 6.06. The van der Waals surface area contributed by atoms with Gasteiger partial charge in [0.15, 0.2) is 5.76 Å². The highest BCUT2D eigenvalue weighted by molar-refractivity contribution is 5.92. The van der Waals surface area contributed by atoms with E-state index in [1.165, 1.54) is 4.68 Å². The predicted molar refractivity (Wildman–Crippen MR) is 71.0 cm³/mol. The Labute approximate surface area is 113 Å². The molecule has 3 rings (SSSR count). The maximum absolute atomic E-state index is 10.9. The molecular weight excluding hydrogens is 260 g/mol. The highest BCUT2D eigenvalue weighted by Crippen LogP contribution is 2.29. The van der Waals surface area contributed by atoms with Crippen LogP contribution in [0.25, 0.3) is 22.4 Å². The molecule has 0 bridgehead atoms. The lowest BCUT2D eigenvalue weighted by atomic mass is 10.2. The lowest BCUT2D eigenvalue weighted by Gasteiger charge is -1.97. The Bertz CT molecular complexity index is 772. The molecule has 0 radical (unpaired) electrons. The molecule has 0 atom stereocenters. The summed E-state index contributed by atoms with van der Waals surface area (Å²) in [6.45, 7) is -0.401. The van der Waals surface area contributed by atoms with Gasteiger partial charge in [-0.1, -0.05) is 18.2 Å². The van der Waals surface area contributed by atoms with Gasteiger partial charge in [-0.2, -0.15) is 5.10 Å². The highest BCUT2D eigenvalue weighted by atomic mass is 16.4. The van der Waals surface area contributed by atoms with Gasteiger partial charge in [0.05, 0.1) is 5.52 Å². The third kappa shape index (κ3) is 2.06. The fourth-order valence-electron chi connectivity index (χ4n) is 2.15. The molecule has 1 aromatic carbocycles. The van der Waals surface area contributed by atoms with Gasteiger partial charge in [0.25, 0.3) is 0 Å². The number of aromatic nitrogens is 2. The van der Waals surface area contributed by atoms with Crippen molar-refractivity contribution in [1.82, 2.24) is 9.78 Å². The Morgan fingerprint density at radius 1 is 1.25 bits per heavy atom. The van der Waals surface area contributed by atoms with E-state index < -0.39 is 5.97 Å². The number of aliphatic hydroxyl groups is 1. The molecule has 0 spiro atoms. The summed E-state index contributed by atoms with van der Waals surface area (Å²) in [4.78, 5) is 10.9. The number of fused-ring (bicyclic) bond motifs is 1. The Morgan fingerprint density at radius 3 is 2.75 bits per heavy atom. The summed E-state index contributed by atoms with van der Waals surface area (Å²) in [7, 11) is 0. The summed E-state index contributed by atoms with van der Waals surface area (Å²) in [5.74, 6) is -0.00782. The van der Waals surface area contributed by atoms with E-state index in [1.54, 1.807) is 12.1 Å². The number of carbonyl (C=O) groups is 1. The van der Waals surface area contributed by atoms with Crippen LogP contribution in [0.2, 0.25) is 0 Å². The molecule has 6 heteroatoms. The molecule has 3 aromatic rings. The van der Waals surface area contributed by atoms with Gasteiger partial charge in [-0.05, 0) is 18.2 Å². The van der Waals surface area contributed by atoms with Crippen LogP contribution in [-0.4, -0.2) is 26.0 Å². The molecule has 2 aromatic heterocycles. The van der Waals surface area contributed by atoms with E-state index in [2.05, 4.69) is 5.10 Å². The Hall–Kier alpha value is -2.60. The third-order valence-corrected chi connectivity index (χ3v) is 2.99. The number of furan rings is 1. The van der Waals surface area contributed by atoms with E-state index in [0.717, 1.165) is 10.9 Å². The molecule has 0 saturated carbocycles. The normalized spacial score (nSPS) is 11.1. The van der Waals surface area contributed by atoms with Crippen LogP contribution in [0.5, 0.6) is 0 Å². The van der Waals surface area contributed by atoms with E-state index in [9.17, 15) is 4.79 Å². The van der Waals surface area contributed by atoms with E-state index in [4.69, 9.17) is 14.6 Å². The second-order valence-electron chi connectivity index (χ2n) is 4.34. The topological polar surface area (TPSA) is 88.5 Å². The minimum Gasteiger partial charge on any atom is -0.480 e. The summed E-state index contributed by atoms with van der Waals surface area (Å²) in [5.41, 5.74) is 1.30. The second-order valence-corrected chi connectivity index (χ2v) is 4.34. The first-order valence-corrected chi connectivity index (χ1v) is 6.06. The van der Waals surface area contributed by atoms with Gasteiger partial charge < -0.3 is 14.6 Å². The molecule has 0 fully saturated rings. The summed E-state index contributed by atoms with van der Waals surface area (Å²) in [6, 6.07) is 10.7. The quantitative estimate of drug-likeness (QED) is 0.757.